The maximum Gasteiger partial charge on any atom is 0.414 e. The van der Waals surface area contributed by atoms with E-state index in [1.165, 1.54) is 11.3 Å². The Labute approximate surface area is 210 Å². The SMILES string of the molecule is O=C(NC1CCC1)Oc1nn(Cc2ccc(Cl)cc2)c2c1CCCCC2Cc1ccc(Cl)cc1. The van der Waals surface area contributed by atoms with Gasteiger partial charge in [-0.25, -0.2) is 4.79 Å². The van der Waals surface area contributed by atoms with Gasteiger partial charge in [0.2, 0.25) is 5.88 Å². The van der Waals surface area contributed by atoms with E-state index in [1.807, 2.05) is 41.1 Å². The van der Waals surface area contributed by atoms with Gasteiger partial charge in [0, 0.05) is 33.3 Å². The van der Waals surface area contributed by atoms with Gasteiger partial charge in [-0.05, 0) is 80.3 Å². The van der Waals surface area contributed by atoms with Crippen LogP contribution in [-0.2, 0) is 19.4 Å². The van der Waals surface area contributed by atoms with E-state index in [9.17, 15) is 4.79 Å². The molecule has 1 heterocycles. The van der Waals surface area contributed by atoms with E-state index >= 15 is 0 Å². The molecule has 0 spiro atoms. The molecule has 0 aliphatic heterocycles. The minimum Gasteiger partial charge on any atom is -0.389 e. The van der Waals surface area contributed by atoms with E-state index in [-0.39, 0.29) is 12.0 Å². The van der Waals surface area contributed by atoms with Gasteiger partial charge in [-0.15, -0.1) is 5.10 Å². The fourth-order valence-electron chi connectivity index (χ4n) is 4.92. The monoisotopic (exact) mass is 497 g/mol. The first-order valence-corrected chi connectivity index (χ1v) is 12.9. The topological polar surface area (TPSA) is 56.1 Å². The number of carbonyl (C=O) groups excluding carboxylic acids is 1. The molecule has 5 rings (SSSR count). The minimum absolute atomic E-state index is 0.222. The molecule has 2 aliphatic carbocycles. The smallest absolute Gasteiger partial charge is 0.389 e. The van der Waals surface area contributed by atoms with Crippen LogP contribution in [0.3, 0.4) is 0 Å². The van der Waals surface area contributed by atoms with Crippen molar-refractivity contribution in [2.45, 2.75) is 69.9 Å². The second-order valence-electron chi connectivity index (χ2n) is 9.39. The molecule has 1 amide bonds. The number of halogens is 2. The Morgan fingerprint density at radius 3 is 2.26 bits per heavy atom. The van der Waals surface area contributed by atoms with Crippen LogP contribution < -0.4 is 10.1 Å². The summed E-state index contributed by atoms with van der Waals surface area (Å²) in [6.07, 6.45) is 7.78. The van der Waals surface area contributed by atoms with Gasteiger partial charge in [-0.1, -0.05) is 53.9 Å². The third-order valence-electron chi connectivity index (χ3n) is 6.93. The Hall–Kier alpha value is -2.50. The average molecular weight is 498 g/mol. The summed E-state index contributed by atoms with van der Waals surface area (Å²) in [6, 6.07) is 16.1. The number of carbonyl (C=O) groups is 1. The molecule has 3 aromatic rings. The number of ether oxygens (including phenoxy) is 1. The lowest BCUT2D eigenvalue weighted by Crippen LogP contribution is -2.41. The van der Waals surface area contributed by atoms with Gasteiger partial charge in [-0.3, -0.25) is 4.68 Å². The van der Waals surface area contributed by atoms with Gasteiger partial charge in [0.1, 0.15) is 0 Å². The Bertz CT molecular complexity index is 1140. The van der Waals surface area contributed by atoms with Crippen LogP contribution in [0, 0.1) is 0 Å². The zero-order valence-corrected chi connectivity index (χ0v) is 20.6. The predicted octanol–water partition coefficient (Wildman–Crippen LogP) is 6.93. The molecule has 5 nitrogen and oxygen atoms in total. The maximum absolute atomic E-state index is 12.6. The fraction of sp³-hybridized carbons (Fsp3) is 0.407. The Morgan fingerprint density at radius 2 is 1.62 bits per heavy atom. The molecule has 1 atom stereocenters. The van der Waals surface area contributed by atoms with E-state index < -0.39 is 6.09 Å². The molecule has 1 N–H and O–H groups in total. The van der Waals surface area contributed by atoms with E-state index in [1.54, 1.807) is 0 Å². The van der Waals surface area contributed by atoms with Crippen molar-refractivity contribution in [3.8, 4) is 5.88 Å². The van der Waals surface area contributed by atoms with Crippen molar-refractivity contribution < 1.29 is 9.53 Å². The van der Waals surface area contributed by atoms with Crippen LogP contribution in [0.25, 0.3) is 0 Å². The molecule has 178 valence electrons. The van der Waals surface area contributed by atoms with Crippen LogP contribution in [0.1, 0.15) is 66.8 Å². The molecule has 1 fully saturated rings. The van der Waals surface area contributed by atoms with Crippen LogP contribution in [0.4, 0.5) is 4.79 Å². The second kappa shape index (κ2) is 10.4. The fourth-order valence-corrected chi connectivity index (χ4v) is 5.17. The van der Waals surface area contributed by atoms with Crippen molar-refractivity contribution in [2.75, 3.05) is 0 Å². The summed E-state index contributed by atoms with van der Waals surface area (Å²) < 4.78 is 7.84. The molecule has 1 unspecified atom stereocenters. The summed E-state index contributed by atoms with van der Waals surface area (Å²) in [5.74, 6) is 0.731. The highest BCUT2D eigenvalue weighted by molar-refractivity contribution is 6.30. The quantitative estimate of drug-likeness (QED) is 0.375. The summed E-state index contributed by atoms with van der Waals surface area (Å²) in [6.45, 7) is 0.601. The predicted molar refractivity (Wildman–Crippen MR) is 135 cm³/mol. The lowest BCUT2D eigenvalue weighted by molar-refractivity contribution is 0.185. The highest BCUT2D eigenvalue weighted by atomic mass is 35.5. The number of amides is 1. The van der Waals surface area contributed by atoms with Crippen LogP contribution in [0.5, 0.6) is 5.88 Å². The molecule has 7 heteroatoms. The van der Waals surface area contributed by atoms with Crippen molar-refractivity contribution >= 4 is 29.3 Å². The molecule has 0 radical (unpaired) electrons. The first kappa shape index (κ1) is 23.3. The first-order valence-electron chi connectivity index (χ1n) is 12.1. The van der Waals surface area contributed by atoms with Gasteiger partial charge < -0.3 is 10.1 Å². The lowest BCUT2D eigenvalue weighted by atomic mass is 9.91. The van der Waals surface area contributed by atoms with Crippen molar-refractivity contribution in [3.63, 3.8) is 0 Å². The van der Waals surface area contributed by atoms with E-state index in [0.29, 0.717) is 17.4 Å². The summed E-state index contributed by atoms with van der Waals surface area (Å²) >= 11 is 12.2. The number of nitrogens with one attached hydrogen (secondary N) is 1. The zero-order valence-electron chi connectivity index (χ0n) is 19.1. The Balaban J connectivity index is 1.47. The Morgan fingerprint density at radius 1 is 0.941 bits per heavy atom. The normalized spacial score (nSPS) is 18.0. The average Bonchev–Trinajstić information content (AvgIpc) is 2.97. The largest absolute Gasteiger partial charge is 0.414 e. The van der Waals surface area contributed by atoms with Gasteiger partial charge in [0.05, 0.1) is 6.54 Å². The third kappa shape index (κ3) is 5.42. The van der Waals surface area contributed by atoms with Crippen LogP contribution in [0.15, 0.2) is 48.5 Å². The molecule has 0 saturated heterocycles. The molecule has 34 heavy (non-hydrogen) atoms. The van der Waals surface area contributed by atoms with E-state index in [0.717, 1.165) is 67.5 Å². The van der Waals surface area contributed by atoms with Gasteiger partial charge >= 0.3 is 6.09 Å². The van der Waals surface area contributed by atoms with Gasteiger partial charge in [-0.2, -0.15) is 0 Å². The number of aromatic nitrogens is 2. The summed E-state index contributed by atoms with van der Waals surface area (Å²) in [5, 5.41) is 9.25. The summed E-state index contributed by atoms with van der Waals surface area (Å²) in [7, 11) is 0. The van der Waals surface area contributed by atoms with Crippen LogP contribution in [-0.4, -0.2) is 21.9 Å². The Kier molecular flexibility index (Phi) is 7.12. The number of fused-ring (bicyclic) bond motifs is 1. The molecular weight excluding hydrogens is 469 g/mol. The molecule has 1 saturated carbocycles. The number of nitrogens with zero attached hydrogens (tertiary/aromatic N) is 2. The zero-order chi connectivity index (χ0) is 23.5. The highest BCUT2D eigenvalue weighted by Crippen LogP contribution is 2.38. The van der Waals surface area contributed by atoms with Crippen molar-refractivity contribution in [3.05, 3.63) is 81.0 Å². The third-order valence-corrected chi connectivity index (χ3v) is 7.43. The second-order valence-corrected chi connectivity index (χ2v) is 10.3. The van der Waals surface area contributed by atoms with Gasteiger partial charge in [0.25, 0.3) is 0 Å². The van der Waals surface area contributed by atoms with E-state index in [2.05, 4.69) is 17.4 Å². The lowest BCUT2D eigenvalue weighted by Gasteiger charge is -2.25. The molecule has 2 aromatic carbocycles. The first-order chi connectivity index (χ1) is 16.5. The van der Waals surface area contributed by atoms with Crippen LogP contribution >= 0.6 is 23.2 Å². The van der Waals surface area contributed by atoms with Crippen molar-refractivity contribution in [2.24, 2.45) is 0 Å². The maximum atomic E-state index is 12.6. The van der Waals surface area contributed by atoms with Crippen molar-refractivity contribution in [1.29, 1.82) is 0 Å². The molecule has 0 bridgehead atoms. The molecule has 1 aromatic heterocycles. The standard InChI is InChI=1S/C27H29Cl2N3O2/c28-21-12-8-18(9-13-21)16-20-4-1-2-7-24-25(20)32(17-19-10-14-22(29)15-11-19)31-26(24)34-27(33)30-23-5-3-6-23/h8-15,20,23H,1-7,16-17H2,(H,30,33). The minimum atomic E-state index is -0.401. The molecule has 2 aliphatic rings. The van der Waals surface area contributed by atoms with Crippen LogP contribution in [0.2, 0.25) is 10.0 Å². The van der Waals surface area contributed by atoms with Gasteiger partial charge in [0.15, 0.2) is 0 Å². The van der Waals surface area contributed by atoms with Crippen molar-refractivity contribution in [1.82, 2.24) is 15.1 Å². The highest BCUT2D eigenvalue weighted by Gasteiger charge is 2.30. The number of hydrogen-bond acceptors (Lipinski definition) is 3. The molecular formula is C27H29Cl2N3O2. The van der Waals surface area contributed by atoms with E-state index in [4.69, 9.17) is 33.0 Å². The summed E-state index contributed by atoms with van der Waals surface area (Å²) in [5.41, 5.74) is 4.59. The number of rotatable bonds is 6. The number of hydrogen-bond donors (Lipinski definition) is 1. The number of benzene rings is 2. The summed E-state index contributed by atoms with van der Waals surface area (Å²) in [4.78, 5) is 12.6.